The third kappa shape index (κ3) is 44.5. The zero-order valence-corrected chi connectivity index (χ0v) is 38.4. The van der Waals surface area contributed by atoms with E-state index < -0.39 is 13.9 Å². The third-order valence-corrected chi connectivity index (χ3v) is 9.86. The van der Waals surface area contributed by atoms with Crippen molar-refractivity contribution in [3.63, 3.8) is 0 Å². The topological polar surface area (TPSA) is 91.3 Å². The molecule has 2 unspecified atom stereocenters. The number of allylic oxidation sites excluding steroid dienone is 16. The number of carbonyl (C=O) groups is 1. The molecule has 0 fully saturated rings. The Bertz CT molecular complexity index is 1240. The minimum absolute atomic E-state index is 0.0719. The number of carbonyl (C=O) groups excluding carboxylic acids is 1. The first kappa shape index (κ1) is 55.4. The number of esters is 1. The lowest BCUT2D eigenvalue weighted by molar-refractivity contribution is -0.870. The van der Waals surface area contributed by atoms with Crippen LogP contribution in [0.25, 0.3) is 0 Å². The molecule has 0 saturated heterocycles. The maximum atomic E-state index is 12.7. The first-order valence-corrected chi connectivity index (χ1v) is 24.0. The Hall–Kier alpha value is -2.58. The molecule has 0 aliphatic carbocycles. The van der Waals surface area contributed by atoms with Crippen LogP contribution in [0.15, 0.2) is 97.2 Å². The van der Waals surface area contributed by atoms with E-state index in [1.807, 2.05) is 21.1 Å². The molecule has 0 saturated carbocycles. The zero-order chi connectivity index (χ0) is 42.7. The Morgan fingerprint density at radius 1 is 0.552 bits per heavy atom. The van der Waals surface area contributed by atoms with Gasteiger partial charge in [0.2, 0.25) is 0 Å². The van der Waals surface area contributed by atoms with Gasteiger partial charge in [-0.25, -0.2) is 4.57 Å². The predicted molar refractivity (Wildman–Crippen MR) is 247 cm³/mol. The molecule has 0 aromatic heterocycles. The molecule has 0 rings (SSSR count). The van der Waals surface area contributed by atoms with Gasteiger partial charge in [0.25, 0.3) is 0 Å². The summed E-state index contributed by atoms with van der Waals surface area (Å²) < 4.78 is 34.9. The summed E-state index contributed by atoms with van der Waals surface area (Å²) in [4.78, 5) is 22.9. The van der Waals surface area contributed by atoms with Gasteiger partial charge in [-0.15, -0.1) is 0 Å². The highest BCUT2D eigenvalue weighted by atomic mass is 31.2. The van der Waals surface area contributed by atoms with Gasteiger partial charge in [-0.3, -0.25) is 13.8 Å². The summed E-state index contributed by atoms with van der Waals surface area (Å²) in [6.45, 7) is 5.35. The Morgan fingerprint density at radius 2 is 1.00 bits per heavy atom. The molecule has 0 amide bonds. The number of likely N-dealkylation sites (N-methyl/N-ethyl adjacent to an activating group) is 1. The van der Waals surface area contributed by atoms with Crippen LogP contribution in [-0.4, -0.2) is 75.6 Å². The summed E-state index contributed by atoms with van der Waals surface area (Å²) in [5, 5.41) is 0. The largest absolute Gasteiger partial charge is 0.472 e. The number of rotatable bonds is 40. The maximum Gasteiger partial charge on any atom is 0.472 e. The van der Waals surface area contributed by atoms with Gasteiger partial charge < -0.3 is 18.9 Å². The third-order valence-electron chi connectivity index (χ3n) is 8.88. The van der Waals surface area contributed by atoms with Gasteiger partial charge in [-0.2, -0.15) is 0 Å². The Balaban J connectivity index is 4.36. The highest BCUT2D eigenvalue weighted by Gasteiger charge is 2.26. The van der Waals surface area contributed by atoms with E-state index in [9.17, 15) is 14.3 Å². The molecule has 0 heterocycles. The van der Waals surface area contributed by atoms with E-state index in [-0.39, 0.29) is 32.2 Å². The number of unbranched alkanes of at least 4 members (excludes halogenated alkanes) is 10. The van der Waals surface area contributed by atoms with E-state index >= 15 is 0 Å². The zero-order valence-electron chi connectivity index (χ0n) is 37.5. The minimum Gasteiger partial charge on any atom is -0.457 e. The van der Waals surface area contributed by atoms with Crippen LogP contribution in [0.5, 0.6) is 0 Å². The summed E-state index contributed by atoms with van der Waals surface area (Å²) in [6, 6.07) is 0. The molecule has 0 aromatic carbocycles. The van der Waals surface area contributed by atoms with Gasteiger partial charge in [-0.1, -0.05) is 150 Å². The molecule has 58 heavy (non-hydrogen) atoms. The van der Waals surface area contributed by atoms with E-state index in [0.29, 0.717) is 24.1 Å². The van der Waals surface area contributed by atoms with E-state index in [2.05, 4.69) is 111 Å². The van der Waals surface area contributed by atoms with Crippen molar-refractivity contribution >= 4 is 13.8 Å². The average molecular weight is 831 g/mol. The molecule has 2 atom stereocenters. The second kappa shape index (κ2) is 41.2. The Morgan fingerprint density at radius 3 is 1.50 bits per heavy atom. The van der Waals surface area contributed by atoms with Crippen molar-refractivity contribution in [3.05, 3.63) is 97.2 Å². The van der Waals surface area contributed by atoms with Crippen LogP contribution in [0.2, 0.25) is 0 Å². The molecule has 0 radical (unpaired) electrons. The SMILES string of the molecule is CC/C=C\C/C=C\C/C=C\C/C=C\C/C=C\C/C=C\CCCCC(=O)OC(COCCCCCCCC/C=C\C/C=C\CCCC)COP(=O)(O)OCC[N+](C)(C)C. The summed E-state index contributed by atoms with van der Waals surface area (Å²) in [5.74, 6) is -0.364. The van der Waals surface area contributed by atoms with Crippen LogP contribution < -0.4 is 0 Å². The molecule has 0 aliphatic rings. The van der Waals surface area contributed by atoms with Gasteiger partial charge in [0.1, 0.15) is 19.3 Å². The number of hydrogen-bond acceptors (Lipinski definition) is 6. The van der Waals surface area contributed by atoms with Gasteiger partial charge >= 0.3 is 13.8 Å². The fourth-order valence-corrected chi connectivity index (χ4v) is 6.14. The fraction of sp³-hybridized carbons (Fsp3) is 0.653. The van der Waals surface area contributed by atoms with Crippen LogP contribution in [0.1, 0.15) is 149 Å². The van der Waals surface area contributed by atoms with E-state index in [4.69, 9.17) is 18.5 Å². The lowest BCUT2D eigenvalue weighted by Crippen LogP contribution is -2.37. The van der Waals surface area contributed by atoms with E-state index in [1.165, 1.54) is 38.5 Å². The van der Waals surface area contributed by atoms with Crippen molar-refractivity contribution in [3.8, 4) is 0 Å². The highest BCUT2D eigenvalue weighted by Crippen LogP contribution is 2.43. The monoisotopic (exact) mass is 831 g/mol. The van der Waals surface area contributed by atoms with Crippen LogP contribution in [0.3, 0.4) is 0 Å². The van der Waals surface area contributed by atoms with E-state index in [0.717, 1.165) is 83.5 Å². The lowest BCUT2D eigenvalue weighted by Gasteiger charge is -2.24. The molecule has 9 heteroatoms. The van der Waals surface area contributed by atoms with Gasteiger partial charge in [0.05, 0.1) is 34.4 Å². The Labute approximate surface area is 356 Å². The lowest BCUT2D eigenvalue weighted by atomic mass is 10.1. The number of phosphoric ester groups is 1. The standard InChI is InChI=1S/C49H84NO7P/c1-6-8-10-12-14-16-18-20-22-23-24-25-26-27-28-30-32-34-36-38-40-42-49(51)57-48(47-56-58(52,53)55-45-43-50(3,4)5)46-54-44-41-39-37-35-33-31-29-21-19-17-15-13-11-9-7-2/h8,10,13-16,19-22,24-25,27-28,32,34,48H,6-7,9,11-12,17-18,23,26,29-31,33,35-47H2,1-5H3/p+1/b10-8-,15-13-,16-14-,21-19-,22-20-,25-24-,28-27-,34-32-. The fourth-order valence-electron chi connectivity index (χ4n) is 5.39. The molecule has 8 nitrogen and oxygen atoms in total. The van der Waals surface area contributed by atoms with Crippen LogP contribution >= 0.6 is 7.82 Å². The molecule has 0 aliphatic heterocycles. The van der Waals surface area contributed by atoms with Gasteiger partial charge in [0, 0.05) is 13.0 Å². The van der Waals surface area contributed by atoms with Crippen LogP contribution in [-0.2, 0) is 27.9 Å². The molecule has 0 aromatic rings. The first-order chi connectivity index (χ1) is 28.1. The molecule has 332 valence electrons. The van der Waals surface area contributed by atoms with Crippen LogP contribution in [0, 0.1) is 0 Å². The number of phosphoric acid groups is 1. The van der Waals surface area contributed by atoms with Crippen molar-refractivity contribution < 1.29 is 37.3 Å². The van der Waals surface area contributed by atoms with Crippen molar-refractivity contribution in [2.24, 2.45) is 0 Å². The maximum absolute atomic E-state index is 12.7. The molecule has 0 bridgehead atoms. The predicted octanol–water partition coefficient (Wildman–Crippen LogP) is 13.4. The number of hydrogen-bond donors (Lipinski definition) is 1. The number of nitrogens with zero attached hydrogens (tertiary/aromatic N) is 1. The Kier molecular flexibility index (Phi) is 39.3. The number of quaternary nitrogens is 1. The smallest absolute Gasteiger partial charge is 0.457 e. The number of ether oxygens (including phenoxy) is 2. The first-order valence-electron chi connectivity index (χ1n) is 22.5. The second-order valence-corrected chi connectivity index (χ2v) is 17.1. The average Bonchev–Trinajstić information content (AvgIpc) is 3.18. The quantitative estimate of drug-likeness (QED) is 0.0216. The normalized spacial score (nSPS) is 14.7. The van der Waals surface area contributed by atoms with Crippen molar-refractivity contribution in [1.29, 1.82) is 0 Å². The highest BCUT2D eigenvalue weighted by molar-refractivity contribution is 7.47. The van der Waals surface area contributed by atoms with Gasteiger partial charge in [-0.05, 0) is 89.9 Å². The van der Waals surface area contributed by atoms with Crippen molar-refractivity contribution in [1.82, 2.24) is 0 Å². The molecular weight excluding hydrogens is 746 g/mol. The van der Waals surface area contributed by atoms with Crippen LogP contribution in [0.4, 0.5) is 0 Å². The molecule has 1 N–H and O–H groups in total. The van der Waals surface area contributed by atoms with Gasteiger partial charge in [0.15, 0.2) is 0 Å². The second-order valence-electron chi connectivity index (χ2n) is 15.7. The van der Waals surface area contributed by atoms with Crippen molar-refractivity contribution in [2.75, 3.05) is 54.1 Å². The van der Waals surface area contributed by atoms with E-state index in [1.54, 1.807) is 0 Å². The summed E-state index contributed by atoms with van der Waals surface area (Å²) in [6.07, 6.45) is 55.9. The summed E-state index contributed by atoms with van der Waals surface area (Å²) in [7, 11) is 1.61. The summed E-state index contributed by atoms with van der Waals surface area (Å²) in [5.41, 5.74) is 0. The molecular formula is C49H85NO7P+. The minimum atomic E-state index is -4.30. The van der Waals surface area contributed by atoms with Crippen molar-refractivity contribution in [2.45, 2.75) is 155 Å². The summed E-state index contributed by atoms with van der Waals surface area (Å²) >= 11 is 0. The molecule has 0 spiro atoms.